The number of rotatable bonds is 2. The lowest BCUT2D eigenvalue weighted by molar-refractivity contribution is 0.102. The van der Waals surface area contributed by atoms with Crippen LogP contribution in [0.25, 0.3) is 10.9 Å². The summed E-state index contributed by atoms with van der Waals surface area (Å²) in [5.41, 5.74) is 4.08. The van der Waals surface area contributed by atoms with Crippen molar-refractivity contribution < 1.29 is 4.84 Å². The highest BCUT2D eigenvalue weighted by atomic mass is 35.5. The van der Waals surface area contributed by atoms with Gasteiger partial charge in [-0.15, -0.1) is 11.6 Å². The van der Waals surface area contributed by atoms with Crippen LogP contribution in [0.5, 0.6) is 0 Å². The van der Waals surface area contributed by atoms with E-state index in [9.17, 15) is 0 Å². The number of alkyl halides is 1. The van der Waals surface area contributed by atoms with Crippen LogP contribution in [0.2, 0.25) is 0 Å². The van der Waals surface area contributed by atoms with Gasteiger partial charge < -0.3 is 4.84 Å². The summed E-state index contributed by atoms with van der Waals surface area (Å²) in [6.07, 6.45) is 0.780. The predicted octanol–water partition coefficient (Wildman–Crippen LogP) is 3.28. The lowest BCUT2D eigenvalue weighted by Gasteiger charge is -2.03. The fraction of sp³-hybridized carbons (Fsp3) is 0.286. The molecule has 0 saturated heterocycles. The van der Waals surface area contributed by atoms with Gasteiger partial charge in [0.05, 0.1) is 17.1 Å². The smallest absolute Gasteiger partial charge is 0.146 e. The summed E-state index contributed by atoms with van der Waals surface area (Å²) in [6, 6.07) is 10.2. The van der Waals surface area contributed by atoms with Crippen LogP contribution in [0.4, 0.5) is 0 Å². The monoisotopic (exact) mass is 260 g/mol. The Labute approximate surface area is 110 Å². The summed E-state index contributed by atoms with van der Waals surface area (Å²) < 4.78 is 0. The molecule has 0 bridgehead atoms. The fourth-order valence-electron chi connectivity index (χ4n) is 2.09. The first-order valence-electron chi connectivity index (χ1n) is 5.93. The van der Waals surface area contributed by atoms with Gasteiger partial charge in [0, 0.05) is 23.1 Å². The minimum atomic E-state index is 0.00788. The van der Waals surface area contributed by atoms with Gasteiger partial charge in [0.2, 0.25) is 0 Å². The van der Waals surface area contributed by atoms with E-state index < -0.39 is 0 Å². The Morgan fingerprint density at radius 2 is 2.22 bits per heavy atom. The van der Waals surface area contributed by atoms with E-state index in [0.29, 0.717) is 5.88 Å². The molecule has 0 amide bonds. The maximum atomic E-state index is 5.76. The summed E-state index contributed by atoms with van der Waals surface area (Å²) in [5.74, 6) is 0.474. The standard InChI is InChI=1S/C14H13ClN2O/c1-9-2-3-10-6-11(4-5-13(10)16-9)14-7-12(8-15)18-17-14/h2-6,12H,7-8H2,1H3. The molecule has 18 heavy (non-hydrogen) atoms. The Bertz CT molecular complexity index is 624. The first-order valence-corrected chi connectivity index (χ1v) is 6.46. The van der Waals surface area contributed by atoms with Crippen LogP contribution in [0.3, 0.4) is 0 Å². The number of hydrogen-bond donors (Lipinski definition) is 0. The minimum Gasteiger partial charge on any atom is -0.391 e. The lowest BCUT2D eigenvalue weighted by atomic mass is 10.0. The fourth-order valence-corrected chi connectivity index (χ4v) is 2.25. The molecule has 1 aromatic carbocycles. The second-order valence-electron chi connectivity index (χ2n) is 4.48. The largest absolute Gasteiger partial charge is 0.391 e. The van der Waals surface area contributed by atoms with Crippen molar-refractivity contribution in [3.8, 4) is 0 Å². The maximum Gasteiger partial charge on any atom is 0.146 e. The van der Waals surface area contributed by atoms with Crippen LogP contribution in [-0.4, -0.2) is 22.7 Å². The zero-order valence-corrected chi connectivity index (χ0v) is 10.8. The molecule has 0 radical (unpaired) electrons. The van der Waals surface area contributed by atoms with Crippen LogP contribution in [-0.2, 0) is 4.84 Å². The van der Waals surface area contributed by atoms with Crippen LogP contribution in [0, 0.1) is 6.92 Å². The number of fused-ring (bicyclic) bond motifs is 1. The van der Waals surface area contributed by atoms with Gasteiger partial charge in [-0.3, -0.25) is 4.98 Å². The SMILES string of the molecule is Cc1ccc2cc(C3=NOC(CCl)C3)ccc2n1. The quantitative estimate of drug-likeness (QED) is 0.777. The molecule has 92 valence electrons. The Morgan fingerprint density at radius 3 is 3.00 bits per heavy atom. The molecule has 1 aliphatic rings. The number of nitrogens with zero attached hydrogens (tertiary/aromatic N) is 2. The third-order valence-electron chi connectivity index (χ3n) is 3.07. The molecule has 3 nitrogen and oxygen atoms in total. The third-order valence-corrected chi connectivity index (χ3v) is 3.41. The van der Waals surface area contributed by atoms with Gasteiger partial charge in [-0.1, -0.05) is 17.3 Å². The molecule has 0 fully saturated rings. The van der Waals surface area contributed by atoms with E-state index in [1.54, 1.807) is 0 Å². The van der Waals surface area contributed by atoms with Crippen molar-refractivity contribution in [2.24, 2.45) is 5.16 Å². The Hall–Kier alpha value is -1.61. The third kappa shape index (κ3) is 2.06. The predicted molar refractivity (Wildman–Crippen MR) is 73.2 cm³/mol. The van der Waals surface area contributed by atoms with Gasteiger partial charge in [-0.2, -0.15) is 0 Å². The van der Waals surface area contributed by atoms with Crippen molar-refractivity contribution in [3.05, 3.63) is 41.6 Å². The summed E-state index contributed by atoms with van der Waals surface area (Å²) in [5, 5.41) is 5.21. The van der Waals surface area contributed by atoms with Gasteiger partial charge in [0.1, 0.15) is 6.10 Å². The van der Waals surface area contributed by atoms with E-state index >= 15 is 0 Å². The van der Waals surface area contributed by atoms with Crippen molar-refractivity contribution in [1.82, 2.24) is 4.98 Å². The summed E-state index contributed by atoms with van der Waals surface area (Å²) in [7, 11) is 0. The van der Waals surface area contributed by atoms with Gasteiger partial charge in [-0.05, 0) is 25.1 Å². The van der Waals surface area contributed by atoms with E-state index in [-0.39, 0.29) is 6.10 Å². The molecule has 1 unspecified atom stereocenters. The van der Waals surface area contributed by atoms with Crippen LogP contribution >= 0.6 is 11.6 Å². The van der Waals surface area contributed by atoms with Gasteiger partial charge in [0.15, 0.2) is 0 Å². The van der Waals surface area contributed by atoms with Gasteiger partial charge >= 0.3 is 0 Å². The average Bonchev–Trinajstić information content (AvgIpc) is 2.87. The Kier molecular flexibility index (Phi) is 2.92. The van der Waals surface area contributed by atoms with E-state index in [2.05, 4.69) is 22.3 Å². The summed E-state index contributed by atoms with van der Waals surface area (Å²) >= 11 is 5.76. The van der Waals surface area contributed by atoms with E-state index in [0.717, 1.165) is 34.3 Å². The molecule has 0 aliphatic carbocycles. The molecule has 1 aliphatic heterocycles. The molecular weight excluding hydrogens is 248 g/mol. The minimum absolute atomic E-state index is 0.00788. The molecule has 1 aromatic heterocycles. The van der Waals surface area contributed by atoms with Crippen LogP contribution in [0.1, 0.15) is 17.7 Å². The number of hydrogen-bond acceptors (Lipinski definition) is 3. The van der Waals surface area contributed by atoms with Gasteiger partial charge in [0.25, 0.3) is 0 Å². The number of pyridine rings is 1. The molecule has 0 saturated carbocycles. The number of aryl methyl sites for hydroxylation is 1. The van der Waals surface area contributed by atoms with E-state index in [1.165, 1.54) is 0 Å². The second kappa shape index (κ2) is 4.58. The zero-order chi connectivity index (χ0) is 12.5. The number of oxime groups is 1. The highest BCUT2D eigenvalue weighted by Gasteiger charge is 2.21. The molecule has 4 heteroatoms. The molecule has 2 aromatic rings. The second-order valence-corrected chi connectivity index (χ2v) is 4.79. The molecule has 3 rings (SSSR count). The maximum absolute atomic E-state index is 5.76. The van der Waals surface area contributed by atoms with Gasteiger partial charge in [-0.25, -0.2) is 0 Å². The van der Waals surface area contributed by atoms with Crippen molar-refractivity contribution in [2.75, 3.05) is 5.88 Å². The highest BCUT2D eigenvalue weighted by molar-refractivity contribution is 6.18. The van der Waals surface area contributed by atoms with Crippen LogP contribution in [0.15, 0.2) is 35.5 Å². The first kappa shape index (κ1) is 11.5. The molecule has 0 N–H and O–H groups in total. The molecule has 1 atom stereocenters. The highest BCUT2D eigenvalue weighted by Crippen LogP contribution is 2.21. The van der Waals surface area contributed by atoms with E-state index in [4.69, 9.17) is 16.4 Å². The average molecular weight is 261 g/mol. The Morgan fingerprint density at radius 1 is 1.33 bits per heavy atom. The lowest BCUT2D eigenvalue weighted by Crippen LogP contribution is -2.09. The van der Waals surface area contributed by atoms with E-state index in [1.807, 2.05) is 25.1 Å². The van der Waals surface area contributed by atoms with Crippen molar-refractivity contribution in [3.63, 3.8) is 0 Å². The first-order chi connectivity index (χ1) is 8.76. The van der Waals surface area contributed by atoms with Crippen molar-refractivity contribution >= 4 is 28.2 Å². The normalized spacial score (nSPS) is 18.8. The summed E-state index contributed by atoms with van der Waals surface area (Å²) in [6.45, 7) is 1.99. The zero-order valence-electron chi connectivity index (χ0n) is 10.1. The van der Waals surface area contributed by atoms with Crippen LogP contribution < -0.4 is 0 Å². The topological polar surface area (TPSA) is 34.5 Å². The molecule has 0 spiro atoms. The molecular formula is C14H13ClN2O. The number of halogens is 1. The number of aromatic nitrogens is 1. The number of benzene rings is 1. The molecule has 2 heterocycles. The van der Waals surface area contributed by atoms with Crippen molar-refractivity contribution in [2.45, 2.75) is 19.4 Å². The summed E-state index contributed by atoms with van der Waals surface area (Å²) in [4.78, 5) is 9.72. The Balaban J connectivity index is 1.97. The van der Waals surface area contributed by atoms with Crippen molar-refractivity contribution in [1.29, 1.82) is 0 Å².